The van der Waals surface area contributed by atoms with Gasteiger partial charge in [-0.1, -0.05) is 27.6 Å². The van der Waals surface area contributed by atoms with Gasteiger partial charge in [0.1, 0.15) is 6.29 Å². The van der Waals surface area contributed by atoms with Crippen molar-refractivity contribution in [1.82, 2.24) is 0 Å². The maximum atomic E-state index is 10.8. The largest absolute Gasteiger partial charge is 0.493 e. The van der Waals surface area contributed by atoms with Crippen molar-refractivity contribution in [3.8, 4) is 11.5 Å². The van der Waals surface area contributed by atoms with Crippen LogP contribution in [-0.4, -0.2) is 20.5 Å². The molecule has 1 aromatic rings. The Morgan fingerprint density at radius 2 is 2.05 bits per heavy atom. The molecule has 0 radical (unpaired) electrons. The van der Waals surface area contributed by atoms with E-state index in [-0.39, 0.29) is 0 Å². The molecule has 0 saturated heterocycles. The molecule has 0 aliphatic rings. The zero-order chi connectivity index (χ0) is 15.0. The van der Waals surface area contributed by atoms with E-state index in [1.165, 1.54) is 5.57 Å². The lowest BCUT2D eigenvalue weighted by Crippen LogP contribution is -2.02. The molecule has 0 amide bonds. The van der Waals surface area contributed by atoms with Gasteiger partial charge in [0.05, 0.1) is 14.2 Å². The molecule has 3 nitrogen and oxygen atoms in total. The Balaban J connectivity index is 3.01. The molecule has 20 heavy (non-hydrogen) atoms. The van der Waals surface area contributed by atoms with Gasteiger partial charge < -0.3 is 14.3 Å². The minimum Gasteiger partial charge on any atom is -0.493 e. The first-order chi connectivity index (χ1) is 9.67. The number of aldehydes is 1. The first-order valence-electron chi connectivity index (χ1n) is 6.60. The van der Waals surface area contributed by atoms with Gasteiger partial charge in [0.2, 0.25) is 0 Å². The number of ether oxygens (including phenoxy) is 2. The molecule has 0 heterocycles. The van der Waals surface area contributed by atoms with E-state index in [0.29, 0.717) is 12.2 Å². The minimum atomic E-state index is 0.406. The van der Waals surface area contributed by atoms with Crippen molar-refractivity contribution < 1.29 is 14.3 Å². The average molecular weight is 341 g/mol. The summed E-state index contributed by atoms with van der Waals surface area (Å²) in [5.74, 6) is 1.46. The van der Waals surface area contributed by atoms with Crippen molar-refractivity contribution in [2.24, 2.45) is 0 Å². The number of hydrogen-bond donors (Lipinski definition) is 0. The van der Waals surface area contributed by atoms with Crippen molar-refractivity contribution in [1.29, 1.82) is 0 Å². The number of halogens is 1. The van der Waals surface area contributed by atoms with Gasteiger partial charge in [-0.3, -0.25) is 0 Å². The molecule has 1 aromatic carbocycles. The quantitative estimate of drug-likeness (QED) is 0.669. The van der Waals surface area contributed by atoms with E-state index in [4.69, 9.17) is 9.47 Å². The van der Waals surface area contributed by atoms with Gasteiger partial charge in [0, 0.05) is 12.0 Å². The van der Waals surface area contributed by atoms with Crippen molar-refractivity contribution in [3.05, 3.63) is 33.8 Å². The van der Waals surface area contributed by atoms with Crippen LogP contribution < -0.4 is 9.47 Å². The van der Waals surface area contributed by atoms with Gasteiger partial charge in [0.15, 0.2) is 11.5 Å². The van der Waals surface area contributed by atoms with Crippen LogP contribution in [0.1, 0.15) is 30.9 Å². The summed E-state index contributed by atoms with van der Waals surface area (Å²) in [5, 5.41) is 0. The van der Waals surface area contributed by atoms with E-state index in [2.05, 4.69) is 22.9 Å². The number of carbonyl (C=O) groups is 1. The smallest absolute Gasteiger partial charge is 0.164 e. The molecule has 0 aromatic heterocycles. The highest BCUT2D eigenvalue weighted by Gasteiger charge is 2.14. The van der Waals surface area contributed by atoms with Crippen LogP contribution in [0, 0.1) is 0 Å². The maximum Gasteiger partial charge on any atom is 0.164 e. The third-order valence-electron chi connectivity index (χ3n) is 3.23. The summed E-state index contributed by atoms with van der Waals surface area (Å²) < 4.78 is 10.8. The van der Waals surface area contributed by atoms with E-state index in [0.717, 1.165) is 42.4 Å². The standard InChI is InChI=1S/C16H21BrO3/c1-12(11-17)5-4-6-14-13(9-10-18)7-8-15(19-2)16(14)20-3/h7-8,10-11H,4-6,9H2,1-3H3/b12-11+. The summed E-state index contributed by atoms with van der Waals surface area (Å²) in [7, 11) is 3.26. The first-order valence-corrected chi connectivity index (χ1v) is 7.51. The molecule has 4 heteroatoms. The summed E-state index contributed by atoms with van der Waals surface area (Å²) >= 11 is 3.34. The molecule has 0 unspecified atom stereocenters. The highest BCUT2D eigenvalue weighted by Crippen LogP contribution is 2.34. The summed E-state index contributed by atoms with van der Waals surface area (Å²) in [4.78, 5) is 12.8. The number of methoxy groups -OCH3 is 2. The zero-order valence-electron chi connectivity index (χ0n) is 12.2. The van der Waals surface area contributed by atoms with Crippen LogP contribution in [0.3, 0.4) is 0 Å². The normalized spacial score (nSPS) is 11.3. The fraction of sp³-hybridized carbons (Fsp3) is 0.438. The Morgan fingerprint density at radius 1 is 1.30 bits per heavy atom. The summed E-state index contributed by atoms with van der Waals surface area (Å²) in [5.41, 5.74) is 3.38. The van der Waals surface area contributed by atoms with Gasteiger partial charge in [0.25, 0.3) is 0 Å². The predicted molar refractivity (Wildman–Crippen MR) is 84.9 cm³/mol. The van der Waals surface area contributed by atoms with E-state index >= 15 is 0 Å². The summed E-state index contributed by atoms with van der Waals surface area (Å²) in [6.45, 7) is 2.09. The predicted octanol–water partition coefficient (Wildman–Crippen LogP) is 4.07. The Hall–Kier alpha value is -1.29. The Labute approximate surface area is 129 Å². The molecule has 0 bridgehead atoms. The molecule has 1 rings (SSSR count). The third kappa shape index (κ3) is 4.37. The lowest BCUT2D eigenvalue weighted by molar-refractivity contribution is -0.107. The molecule has 110 valence electrons. The topological polar surface area (TPSA) is 35.5 Å². The molecule has 0 aliphatic heterocycles. The third-order valence-corrected chi connectivity index (χ3v) is 4.01. The Morgan fingerprint density at radius 3 is 2.60 bits per heavy atom. The Kier molecular flexibility index (Phi) is 7.37. The van der Waals surface area contributed by atoms with Crippen molar-refractivity contribution in [2.75, 3.05) is 14.2 Å². The highest BCUT2D eigenvalue weighted by atomic mass is 79.9. The second-order valence-corrected chi connectivity index (χ2v) is 5.08. The van der Waals surface area contributed by atoms with Crippen LogP contribution in [0.2, 0.25) is 0 Å². The molecule has 0 spiro atoms. The van der Waals surface area contributed by atoms with Crippen LogP contribution in [0.4, 0.5) is 0 Å². The van der Waals surface area contributed by atoms with Crippen molar-refractivity contribution >= 4 is 22.2 Å². The minimum absolute atomic E-state index is 0.406. The maximum absolute atomic E-state index is 10.8. The fourth-order valence-electron chi connectivity index (χ4n) is 2.19. The van der Waals surface area contributed by atoms with Gasteiger partial charge in [-0.25, -0.2) is 0 Å². The van der Waals surface area contributed by atoms with Gasteiger partial charge in [-0.15, -0.1) is 0 Å². The summed E-state index contributed by atoms with van der Waals surface area (Å²) in [6.07, 6.45) is 4.20. The number of benzene rings is 1. The van der Waals surface area contributed by atoms with E-state index in [9.17, 15) is 4.79 Å². The van der Waals surface area contributed by atoms with Crippen molar-refractivity contribution in [2.45, 2.75) is 32.6 Å². The number of hydrogen-bond acceptors (Lipinski definition) is 3. The lowest BCUT2D eigenvalue weighted by atomic mass is 9.97. The average Bonchev–Trinajstić information content (AvgIpc) is 2.48. The van der Waals surface area contributed by atoms with Crippen LogP contribution >= 0.6 is 15.9 Å². The molecule has 0 N–H and O–H groups in total. The molecular formula is C16H21BrO3. The van der Waals surface area contributed by atoms with E-state index < -0.39 is 0 Å². The number of rotatable bonds is 8. The number of carbonyl (C=O) groups excluding carboxylic acids is 1. The summed E-state index contributed by atoms with van der Waals surface area (Å²) in [6, 6.07) is 3.79. The van der Waals surface area contributed by atoms with Crippen molar-refractivity contribution in [3.63, 3.8) is 0 Å². The van der Waals surface area contributed by atoms with E-state index in [1.807, 2.05) is 17.1 Å². The second kappa shape index (κ2) is 8.80. The van der Waals surface area contributed by atoms with E-state index in [1.54, 1.807) is 14.2 Å². The molecule has 0 saturated carbocycles. The fourth-order valence-corrected chi connectivity index (χ4v) is 2.41. The molecule has 0 atom stereocenters. The number of allylic oxidation sites excluding steroid dienone is 1. The highest BCUT2D eigenvalue weighted by molar-refractivity contribution is 9.11. The Bertz CT molecular complexity index is 481. The molecule has 0 aliphatic carbocycles. The van der Waals surface area contributed by atoms with Gasteiger partial charge in [-0.05, 0) is 42.8 Å². The van der Waals surface area contributed by atoms with Crippen LogP contribution in [0.15, 0.2) is 22.7 Å². The van der Waals surface area contributed by atoms with Crippen LogP contribution in [0.5, 0.6) is 11.5 Å². The van der Waals surface area contributed by atoms with Gasteiger partial charge >= 0.3 is 0 Å². The lowest BCUT2D eigenvalue weighted by Gasteiger charge is -2.16. The first kappa shape index (κ1) is 16.8. The molecule has 0 fully saturated rings. The van der Waals surface area contributed by atoms with Gasteiger partial charge in [-0.2, -0.15) is 0 Å². The van der Waals surface area contributed by atoms with Crippen LogP contribution in [-0.2, 0) is 17.6 Å². The van der Waals surface area contributed by atoms with Crippen LogP contribution in [0.25, 0.3) is 0 Å². The SMILES string of the molecule is COc1ccc(CC=O)c(CCC/C(C)=C/Br)c1OC. The monoisotopic (exact) mass is 340 g/mol. The second-order valence-electron chi connectivity index (χ2n) is 4.62. The zero-order valence-corrected chi connectivity index (χ0v) is 13.8. The molecular weight excluding hydrogens is 320 g/mol.